The molecule has 0 aliphatic carbocycles. The van der Waals surface area contributed by atoms with Crippen LogP contribution in [0.4, 0.5) is 0 Å². The van der Waals surface area contributed by atoms with Crippen molar-refractivity contribution < 1.29 is 19.1 Å². The van der Waals surface area contributed by atoms with Crippen molar-refractivity contribution in [3.05, 3.63) is 11.6 Å². The molecule has 0 amide bonds. The Kier molecular flexibility index (Phi) is 5.79. The van der Waals surface area contributed by atoms with E-state index >= 15 is 0 Å². The molecule has 0 radical (unpaired) electrons. The highest BCUT2D eigenvalue weighted by molar-refractivity contribution is 5.90. The monoisotopic (exact) mass is 211 g/mol. The molecule has 5 heteroatoms. The summed E-state index contributed by atoms with van der Waals surface area (Å²) in [6, 6.07) is 1.72. The molecule has 0 heterocycles. The van der Waals surface area contributed by atoms with Gasteiger partial charge in [-0.2, -0.15) is 5.26 Å². The van der Waals surface area contributed by atoms with E-state index in [1.807, 2.05) is 0 Å². The van der Waals surface area contributed by atoms with Gasteiger partial charge in [0.05, 0.1) is 18.8 Å². The number of rotatable bonds is 4. The molecule has 0 rings (SSSR count). The average molecular weight is 211 g/mol. The fourth-order valence-corrected chi connectivity index (χ4v) is 1.04. The third kappa shape index (κ3) is 4.27. The molecule has 5 nitrogen and oxygen atoms in total. The van der Waals surface area contributed by atoms with E-state index in [4.69, 9.17) is 10.00 Å². The van der Waals surface area contributed by atoms with Crippen LogP contribution in [0.5, 0.6) is 0 Å². The van der Waals surface area contributed by atoms with Gasteiger partial charge in [-0.25, -0.2) is 4.79 Å². The van der Waals surface area contributed by atoms with Crippen molar-refractivity contribution in [1.82, 2.24) is 0 Å². The molecule has 0 saturated carbocycles. The second kappa shape index (κ2) is 6.60. The summed E-state index contributed by atoms with van der Waals surface area (Å²) in [4.78, 5) is 22.0. The number of ether oxygens (including phenoxy) is 2. The number of nitrogens with zero attached hydrogens (tertiary/aromatic N) is 1. The molecule has 15 heavy (non-hydrogen) atoms. The van der Waals surface area contributed by atoms with Crippen LogP contribution in [0.3, 0.4) is 0 Å². The van der Waals surface area contributed by atoms with E-state index in [-0.39, 0.29) is 5.57 Å². The van der Waals surface area contributed by atoms with Crippen LogP contribution in [0, 0.1) is 11.3 Å². The van der Waals surface area contributed by atoms with Gasteiger partial charge in [-0.05, 0) is 6.42 Å². The maximum atomic E-state index is 11.3. The first-order chi connectivity index (χ1) is 7.06. The summed E-state index contributed by atoms with van der Waals surface area (Å²) in [6.07, 6.45) is 0.708. The van der Waals surface area contributed by atoms with Crippen LogP contribution in [0.1, 0.15) is 20.3 Å². The van der Waals surface area contributed by atoms with Crippen molar-refractivity contribution in [2.75, 3.05) is 7.11 Å². The summed E-state index contributed by atoms with van der Waals surface area (Å²) in [5.74, 6) is -1.17. The molecular formula is C10H13NO4. The molecule has 0 aromatic heterocycles. The molecule has 0 aliphatic rings. The van der Waals surface area contributed by atoms with Gasteiger partial charge in [-0.3, -0.25) is 4.79 Å². The van der Waals surface area contributed by atoms with Gasteiger partial charge in [0, 0.05) is 13.0 Å². The minimum Gasteiger partial charge on any atom is -0.466 e. The second-order valence-electron chi connectivity index (χ2n) is 2.73. The van der Waals surface area contributed by atoms with Gasteiger partial charge in [-0.15, -0.1) is 0 Å². The van der Waals surface area contributed by atoms with Gasteiger partial charge in [-0.1, -0.05) is 6.92 Å². The lowest BCUT2D eigenvalue weighted by Gasteiger charge is -2.15. The fourth-order valence-electron chi connectivity index (χ4n) is 1.04. The summed E-state index contributed by atoms with van der Waals surface area (Å²) >= 11 is 0. The van der Waals surface area contributed by atoms with Crippen molar-refractivity contribution in [3.8, 4) is 6.07 Å². The molecular weight excluding hydrogens is 198 g/mol. The van der Waals surface area contributed by atoms with E-state index in [9.17, 15) is 9.59 Å². The molecule has 0 spiro atoms. The van der Waals surface area contributed by atoms with Crippen molar-refractivity contribution >= 4 is 11.9 Å². The Morgan fingerprint density at radius 1 is 1.53 bits per heavy atom. The van der Waals surface area contributed by atoms with E-state index in [0.717, 1.165) is 6.08 Å². The molecule has 1 atom stereocenters. The van der Waals surface area contributed by atoms with Gasteiger partial charge in [0.1, 0.15) is 6.10 Å². The maximum Gasteiger partial charge on any atom is 0.338 e. The average Bonchev–Trinajstić information content (AvgIpc) is 2.21. The Hall–Kier alpha value is -1.83. The fraction of sp³-hybridized carbons (Fsp3) is 0.500. The number of methoxy groups -OCH3 is 1. The van der Waals surface area contributed by atoms with Crippen LogP contribution >= 0.6 is 0 Å². The third-order valence-corrected chi connectivity index (χ3v) is 1.67. The van der Waals surface area contributed by atoms with E-state index in [1.54, 1.807) is 13.0 Å². The van der Waals surface area contributed by atoms with Crippen LogP contribution in [-0.2, 0) is 19.1 Å². The summed E-state index contributed by atoms with van der Waals surface area (Å²) < 4.78 is 9.36. The summed E-state index contributed by atoms with van der Waals surface area (Å²) in [5, 5.41) is 8.48. The van der Waals surface area contributed by atoms with Crippen LogP contribution in [0.25, 0.3) is 0 Å². The van der Waals surface area contributed by atoms with E-state index in [0.29, 0.717) is 6.42 Å². The van der Waals surface area contributed by atoms with E-state index in [2.05, 4.69) is 4.74 Å². The van der Waals surface area contributed by atoms with Crippen molar-refractivity contribution in [3.63, 3.8) is 0 Å². The van der Waals surface area contributed by atoms with Gasteiger partial charge in [0.25, 0.3) is 0 Å². The number of hydrogen-bond donors (Lipinski definition) is 0. The highest BCUT2D eigenvalue weighted by atomic mass is 16.6. The predicted molar refractivity (Wildman–Crippen MR) is 51.6 cm³/mol. The highest BCUT2D eigenvalue weighted by Crippen LogP contribution is 2.12. The molecule has 0 fully saturated rings. The SMILES string of the molecule is CC[C@@H](OC(C)=O)/C(=C/C#N)C(=O)OC. The van der Waals surface area contributed by atoms with Crippen LogP contribution in [0.15, 0.2) is 11.6 Å². The van der Waals surface area contributed by atoms with Gasteiger partial charge < -0.3 is 9.47 Å². The van der Waals surface area contributed by atoms with E-state index in [1.165, 1.54) is 14.0 Å². The largest absolute Gasteiger partial charge is 0.466 e. The molecule has 82 valence electrons. The molecule has 0 unspecified atom stereocenters. The first kappa shape index (κ1) is 13.2. The quantitative estimate of drug-likeness (QED) is 0.393. The van der Waals surface area contributed by atoms with Gasteiger partial charge in [0.15, 0.2) is 0 Å². The predicted octanol–water partition coefficient (Wildman–Crippen LogP) is 0.951. The molecule has 0 aromatic carbocycles. The second-order valence-corrected chi connectivity index (χ2v) is 2.73. The topological polar surface area (TPSA) is 76.4 Å². The first-order valence-corrected chi connectivity index (χ1v) is 4.42. The van der Waals surface area contributed by atoms with Gasteiger partial charge in [0.2, 0.25) is 0 Å². The van der Waals surface area contributed by atoms with E-state index < -0.39 is 18.0 Å². The number of esters is 2. The van der Waals surface area contributed by atoms with Gasteiger partial charge >= 0.3 is 11.9 Å². The number of nitriles is 1. The van der Waals surface area contributed by atoms with Crippen LogP contribution in [0.2, 0.25) is 0 Å². The minimum absolute atomic E-state index is 0.0534. The number of carbonyl (C=O) groups is 2. The molecule has 0 saturated heterocycles. The molecule has 0 aromatic rings. The zero-order chi connectivity index (χ0) is 11.8. The summed E-state index contributed by atoms with van der Waals surface area (Å²) in [7, 11) is 1.20. The van der Waals surface area contributed by atoms with Crippen molar-refractivity contribution in [2.24, 2.45) is 0 Å². The Bertz CT molecular complexity index is 314. The molecule has 0 bridgehead atoms. The lowest BCUT2D eigenvalue weighted by atomic mass is 10.1. The van der Waals surface area contributed by atoms with Crippen molar-refractivity contribution in [2.45, 2.75) is 26.4 Å². The zero-order valence-corrected chi connectivity index (χ0v) is 8.94. The lowest BCUT2D eigenvalue weighted by Crippen LogP contribution is -2.24. The Morgan fingerprint density at radius 3 is 2.47 bits per heavy atom. The Morgan fingerprint density at radius 2 is 2.13 bits per heavy atom. The summed E-state index contributed by atoms with van der Waals surface area (Å²) in [6.45, 7) is 2.98. The number of allylic oxidation sites excluding steroid dienone is 1. The van der Waals surface area contributed by atoms with Crippen LogP contribution in [-0.4, -0.2) is 25.2 Å². The molecule has 0 N–H and O–H groups in total. The highest BCUT2D eigenvalue weighted by Gasteiger charge is 2.22. The Labute approximate surface area is 88.3 Å². The maximum absolute atomic E-state index is 11.3. The normalized spacial score (nSPS) is 12.5. The zero-order valence-electron chi connectivity index (χ0n) is 8.94. The lowest BCUT2D eigenvalue weighted by molar-refractivity contribution is -0.147. The van der Waals surface area contributed by atoms with Crippen LogP contribution < -0.4 is 0 Å². The Balaban J connectivity index is 4.88. The third-order valence-electron chi connectivity index (χ3n) is 1.67. The number of hydrogen-bond acceptors (Lipinski definition) is 5. The first-order valence-electron chi connectivity index (χ1n) is 4.42. The molecule has 0 aliphatic heterocycles. The van der Waals surface area contributed by atoms with Crippen molar-refractivity contribution in [1.29, 1.82) is 5.26 Å². The minimum atomic E-state index is -0.727. The number of carbonyl (C=O) groups excluding carboxylic acids is 2. The summed E-state index contributed by atoms with van der Waals surface area (Å²) in [5.41, 5.74) is 0.0534. The standard InChI is InChI=1S/C10H13NO4/c1-4-9(15-7(2)12)8(5-6-11)10(13)14-3/h5,9H,4H2,1-3H3/b8-5-/t9-/m1/s1. The smallest absolute Gasteiger partial charge is 0.338 e.